The van der Waals surface area contributed by atoms with E-state index in [9.17, 15) is 30.0 Å². The SMILES string of the molecule is C[C@@]12CCC[C@H]1[C@@H]1C(=O)CC3C[C@H](OC4O[C@H](C(=O)O)[C@@H](O)[C@H](O)[C@H]4O)CC[C@]3(C)[C@H]1CC2. The van der Waals surface area contributed by atoms with Crippen LogP contribution in [0.4, 0.5) is 0 Å². The van der Waals surface area contributed by atoms with Gasteiger partial charge in [-0.25, -0.2) is 4.79 Å². The minimum Gasteiger partial charge on any atom is -0.479 e. The Morgan fingerprint density at radius 2 is 1.76 bits per heavy atom. The number of carboxylic acids is 1. The van der Waals surface area contributed by atoms with Gasteiger partial charge in [0.15, 0.2) is 12.4 Å². The third-order valence-corrected chi connectivity index (χ3v) is 10.3. The molecule has 5 aliphatic rings. The van der Waals surface area contributed by atoms with Crippen molar-refractivity contribution >= 4 is 11.8 Å². The summed E-state index contributed by atoms with van der Waals surface area (Å²) < 4.78 is 11.3. The van der Waals surface area contributed by atoms with E-state index in [1.807, 2.05) is 0 Å². The van der Waals surface area contributed by atoms with Crippen molar-refractivity contribution in [2.45, 2.75) is 108 Å². The number of rotatable bonds is 3. The molecule has 1 heterocycles. The fourth-order valence-corrected chi connectivity index (χ4v) is 8.36. The number of carbonyl (C=O) groups is 2. The average Bonchev–Trinajstić information content (AvgIpc) is 3.16. The van der Waals surface area contributed by atoms with Gasteiger partial charge in [0.2, 0.25) is 0 Å². The van der Waals surface area contributed by atoms with Gasteiger partial charge in [0.1, 0.15) is 24.1 Å². The molecule has 8 heteroatoms. The molecule has 1 aliphatic heterocycles. The van der Waals surface area contributed by atoms with Crippen molar-refractivity contribution in [3.05, 3.63) is 0 Å². The Bertz CT molecular complexity index is 801. The van der Waals surface area contributed by atoms with Crippen molar-refractivity contribution in [2.24, 2.45) is 34.5 Å². The summed E-state index contributed by atoms with van der Waals surface area (Å²) in [5.41, 5.74) is 0.397. The Balaban J connectivity index is 1.29. The van der Waals surface area contributed by atoms with Crippen LogP contribution in [-0.4, -0.2) is 69.0 Å². The van der Waals surface area contributed by atoms with Crippen molar-refractivity contribution in [2.75, 3.05) is 0 Å². The molecular weight excluding hydrogens is 428 g/mol. The number of aliphatic hydroxyl groups is 3. The number of carboxylic acid groups (broad SMARTS) is 1. The molecule has 2 unspecified atom stereocenters. The van der Waals surface area contributed by atoms with Crippen molar-refractivity contribution in [1.82, 2.24) is 0 Å². The molecule has 0 aromatic rings. The monoisotopic (exact) mass is 466 g/mol. The standard InChI is InChI=1S/C25H38O8/c1-24-7-3-4-14(24)17-15(6-8-24)25(2)9-5-13(10-12(25)11-16(17)26)32-23-20(29)18(27)19(28)21(33-23)22(30)31/h12-15,17-21,23,27-29H,3-11H2,1-2H3,(H,30,31)/t12?,13-,14+,15+,17+,18+,19+,20-,21+,23?,24+,25+/m1/s1. The van der Waals surface area contributed by atoms with Crippen LogP contribution in [0.15, 0.2) is 0 Å². The second-order valence-corrected chi connectivity index (χ2v) is 12.0. The molecule has 8 nitrogen and oxygen atoms in total. The fourth-order valence-electron chi connectivity index (χ4n) is 8.36. The van der Waals surface area contributed by atoms with E-state index in [-0.39, 0.29) is 23.4 Å². The van der Waals surface area contributed by atoms with E-state index in [2.05, 4.69) is 13.8 Å². The lowest BCUT2D eigenvalue weighted by atomic mass is 9.45. The van der Waals surface area contributed by atoms with E-state index < -0.39 is 36.7 Å². The van der Waals surface area contributed by atoms with Crippen LogP contribution in [0, 0.1) is 34.5 Å². The molecule has 0 amide bonds. The lowest BCUT2D eigenvalue weighted by molar-refractivity contribution is -0.309. The molecule has 0 radical (unpaired) electrons. The van der Waals surface area contributed by atoms with Gasteiger partial charge >= 0.3 is 5.97 Å². The molecule has 5 fully saturated rings. The average molecular weight is 467 g/mol. The van der Waals surface area contributed by atoms with Crippen LogP contribution in [0.2, 0.25) is 0 Å². The third kappa shape index (κ3) is 3.68. The van der Waals surface area contributed by atoms with Gasteiger partial charge in [-0.05, 0) is 73.5 Å². The smallest absolute Gasteiger partial charge is 0.335 e. The van der Waals surface area contributed by atoms with Gasteiger partial charge in [-0.15, -0.1) is 0 Å². The Hall–Kier alpha value is -1.06. The number of ketones is 1. The first-order valence-electron chi connectivity index (χ1n) is 12.7. The summed E-state index contributed by atoms with van der Waals surface area (Å²) >= 11 is 0. The first kappa shape index (κ1) is 23.7. The summed E-state index contributed by atoms with van der Waals surface area (Å²) in [4.78, 5) is 24.8. The number of hydrogen-bond donors (Lipinski definition) is 4. The summed E-state index contributed by atoms with van der Waals surface area (Å²) in [5, 5.41) is 39.6. The van der Waals surface area contributed by atoms with Gasteiger partial charge in [0, 0.05) is 12.3 Å². The number of aliphatic carboxylic acids is 1. The van der Waals surface area contributed by atoms with Crippen LogP contribution in [0.3, 0.4) is 0 Å². The zero-order valence-corrected chi connectivity index (χ0v) is 19.6. The lowest BCUT2D eigenvalue weighted by Gasteiger charge is -2.59. The molecule has 186 valence electrons. The minimum atomic E-state index is -1.73. The zero-order valence-electron chi connectivity index (χ0n) is 19.6. The normalized spacial score (nSPS) is 54.3. The number of aliphatic hydroxyl groups excluding tert-OH is 3. The van der Waals surface area contributed by atoms with Crippen LogP contribution < -0.4 is 0 Å². The van der Waals surface area contributed by atoms with Gasteiger partial charge < -0.3 is 29.9 Å². The predicted molar refractivity (Wildman–Crippen MR) is 116 cm³/mol. The highest BCUT2D eigenvalue weighted by atomic mass is 16.7. The summed E-state index contributed by atoms with van der Waals surface area (Å²) in [6, 6.07) is 0. The molecule has 5 rings (SSSR count). The largest absolute Gasteiger partial charge is 0.479 e. The first-order chi connectivity index (χ1) is 15.5. The third-order valence-electron chi connectivity index (χ3n) is 10.3. The number of ether oxygens (including phenoxy) is 2. The first-order valence-corrected chi connectivity index (χ1v) is 12.7. The second-order valence-electron chi connectivity index (χ2n) is 12.0. The summed E-state index contributed by atoms with van der Waals surface area (Å²) in [6.45, 7) is 4.74. The van der Waals surface area contributed by atoms with Crippen LogP contribution >= 0.6 is 0 Å². The van der Waals surface area contributed by atoms with Crippen molar-refractivity contribution < 1.29 is 39.5 Å². The maximum absolute atomic E-state index is 13.4. The quantitative estimate of drug-likeness (QED) is 0.463. The number of carbonyl (C=O) groups excluding carboxylic acids is 1. The Morgan fingerprint density at radius 1 is 1.00 bits per heavy atom. The fraction of sp³-hybridized carbons (Fsp3) is 0.920. The highest BCUT2D eigenvalue weighted by Gasteiger charge is 2.61. The molecule has 0 bridgehead atoms. The number of Topliss-reactive ketones (excluding diaryl/α,β-unsaturated/α-hetero) is 1. The van der Waals surface area contributed by atoms with E-state index in [1.165, 1.54) is 25.7 Å². The molecular formula is C25H38O8. The predicted octanol–water partition coefficient (Wildman–Crippen LogP) is 1.88. The van der Waals surface area contributed by atoms with E-state index in [0.717, 1.165) is 19.3 Å². The molecule has 33 heavy (non-hydrogen) atoms. The van der Waals surface area contributed by atoms with Crippen LogP contribution in [0.1, 0.15) is 71.6 Å². The van der Waals surface area contributed by atoms with E-state index in [1.54, 1.807) is 0 Å². The van der Waals surface area contributed by atoms with Crippen LogP contribution in [0.5, 0.6) is 0 Å². The zero-order chi connectivity index (χ0) is 23.7. The second kappa shape index (κ2) is 8.26. The molecule has 1 saturated heterocycles. The molecule has 0 aromatic carbocycles. The number of fused-ring (bicyclic) bond motifs is 5. The van der Waals surface area contributed by atoms with Crippen molar-refractivity contribution in [1.29, 1.82) is 0 Å². The van der Waals surface area contributed by atoms with Gasteiger partial charge in [0.25, 0.3) is 0 Å². The molecule has 0 spiro atoms. The summed E-state index contributed by atoms with van der Waals surface area (Å²) in [6.07, 6.45) is 0.563. The van der Waals surface area contributed by atoms with Crippen molar-refractivity contribution in [3.63, 3.8) is 0 Å². The summed E-state index contributed by atoms with van der Waals surface area (Å²) in [7, 11) is 0. The van der Waals surface area contributed by atoms with Gasteiger partial charge in [0.05, 0.1) is 6.10 Å². The minimum absolute atomic E-state index is 0.0771. The van der Waals surface area contributed by atoms with E-state index in [4.69, 9.17) is 9.47 Å². The maximum atomic E-state index is 13.4. The number of hydrogen-bond acceptors (Lipinski definition) is 7. The highest BCUT2D eigenvalue weighted by Crippen LogP contribution is 2.65. The van der Waals surface area contributed by atoms with Gasteiger partial charge in [-0.1, -0.05) is 20.3 Å². The van der Waals surface area contributed by atoms with Gasteiger partial charge in [-0.3, -0.25) is 4.79 Å². The van der Waals surface area contributed by atoms with Crippen LogP contribution in [-0.2, 0) is 19.1 Å². The topological polar surface area (TPSA) is 134 Å². The van der Waals surface area contributed by atoms with Gasteiger partial charge in [-0.2, -0.15) is 0 Å². The molecule has 4 N–H and O–H groups in total. The van der Waals surface area contributed by atoms with E-state index in [0.29, 0.717) is 35.9 Å². The maximum Gasteiger partial charge on any atom is 0.335 e. The Labute approximate surface area is 194 Å². The Morgan fingerprint density at radius 3 is 2.48 bits per heavy atom. The van der Waals surface area contributed by atoms with Crippen LogP contribution in [0.25, 0.3) is 0 Å². The molecule has 0 aromatic heterocycles. The molecule has 4 aliphatic carbocycles. The molecule has 12 atom stereocenters. The lowest BCUT2D eigenvalue weighted by Crippen LogP contribution is -2.61. The van der Waals surface area contributed by atoms with Crippen molar-refractivity contribution in [3.8, 4) is 0 Å². The highest BCUT2D eigenvalue weighted by molar-refractivity contribution is 5.83. The molecule has 4 saturated carbocycles. The Kier molecular flexibility index (Phi) is 5.93. The van der Waals surface area contributed by atoms with E-state index >= 15 is 0 Å². The summed E-state index contributed by atoms with van der Waals surface area (Å²) in [5.74, 6) is 0.273.